The van der Waals surface area contributed by atoms with E-state index in [1.165, 1.54) is 6.07 Å². The van der Waals surface area contributed by atoms with E-state index in [-0.39, 0.29) is 23.6 Å². The van der Waals surface area contributed by atoms with Gasteiger partial charge in [-0.15, -0.1) is 0 Å². The molecule has 2 heterocycles. The molecular weight excluding hydrogens is 262 g/mol. The number of anilines is 1. The Kier molecular flexibility index (Phi) is 3.05. The molecule has 1 spiro atoms. The van der Waals surface area contributed by atoms with Gasteiger partial charge in [-0.05, 0) is 36.9 Å². The number of piperidine rings is 1. The number of halogens is 2. The SMILES string of the molecule is CC(C)[C@H]1NCCC[C@@]12C(=O)Nc1c(F)cc(F)cc12. The molecule has 0 aromatic heterocycles. The highest BCUT2D eigenvalue weighted by Crippen LogP contribution is 2.47. The molecule has 0 unspecified atom stereocenters. The zero-order valence-corrected chi connectivity index (χ0v) is 11.6. The molecule has 1 aromatic rings. The molecule has 20 heavy (non-hydrogen) atoms. The van der Waals surface area contributed by atoms with Gasteiger partial charge in [0.2, 0.25) is 5.91 Å². The van der Waals surface area contributed by atoms with Crippen LogP contribution in [-0.2, 0) is 10.2 Å². The molecule has 0 radical (unpaired) electrons. The van der Waals surface area contributed by atoms with Crippen LogP contribution in [0.3, 0.4) is 0 Å². The van der Waals surface area contributed by atoms with Crippen molar-refractivity contribution in [1.82, 2.24) is 5.32 Å². The second kappa shape index (κ2) is 4.52. The van der Waals surface area contributed by atoms with Crippen LogP contribution >= 0.6 is 0 Å². The van der Waals surface area contributed by atoms with Crippen molar-refractivity contribution in [2.24, 2.45) is 5.92 Å². The summed E-state index contributed by atoms with van der Waals surface area (Å²) in [5, 5.41) is 5.97. The number of nitrogens with one attached hydrogen (secondary N) is 2. The van der Waals surface area contributed by atoms with E-state index in [1.807, 2.05) is 13.8 Å². The molecule has 2 N–H and O–H groups in total. The van der Waals surface area contributed by atoms with Crippen LogP contribution in [0.1, 0.15) is 32.3 Å². The van der Waals surface area contributed by atoms with Gasteiger partial charge >= 0.3 is 0 Å². The molecule has 1 saturated heterocycles. The van der Waals surface area contributed by atoms with Gasteiger partial charge in [0.1, 0.15) is 11.6 Å². The topological polar surface area (TPSA) is 41.1 Å². The second-order valence-corrected chi connectivity index (χ2v) is 6.02. The standard InChI is InChI=1S/C15H18F2N2O/c1-8(2)13-15(4-3-5-18-13)10-6-9(16)7-11(17)12(10)19-14(15)20/h6-8,13,18H,3-5H2,1-2H3,(H,19,20)/t13-,15+/m1/s1. The second-order valence-electron chi connectivity index (χ2n) is 6.02. The number of fused-ring (bicyclic) bond motifs is 2. The minimum absolute atomic E-state index is 0.112. The molecule has 5 heteroatoms. The largest absolute Gasteiger partial charge is 0.322 e. The average Bonchev–Trinajstić information content (AvgIpc) is 2.65. The lowest BCUT2D eigenvalue weighted by Gasteiger charge is -2.42. The van der Waals surface area contributed by atoms with Crippen molar-refractivity contribution in [2.75, 3.05) is 11.9 Å². The Hall–Kier alpha value is -1.49. The lowest BCUT2D eigenvalue weighted by atomic mass is 9.66. The van der Waals surface area contributed by atoms with Gasteiger partial charge in [0.25, 0.3) is 0 Å². The maximum absolute atomic E-state index is 13.9. The van der Waals surface area contributed by atoms with E-state index in [1.54, 1.807) is 0 Å². The molecule has 0 bridgehead atoms. The Bertz CT molecular complexity index is 573. The van der Waals surface area contributed by atoms with Gasteiger partial charge < -0.3 is 10.6 Å². The van der Waals surface area contributed by atoms with Gasteiger partial charge in [-0.25, -0.2) is 8.78 Å². The first-order chi connectivity index (χ1) is 9.46. The third kappa shape index (κ3) is 1.69. The summed E-state index contributed by atoms with van der Waals surface area (Å²) in [6.45, 7) is 4.86. The Labute approximate surface area is 116 Å². The van der Waals surface area contributed by atoms with Gasteiger partial charge in [-0.1, -0.05) is 13.8 Å². The highest BCUT2D eigenvalue weighted by atomic mass is 19.1. The van der Waals surface area contributed by atoms with Crippen molar-refractivity contribution in [3.63, 3.8) is 0 Å². The molecule has 0 saturated carbocycles. The van der Waals surface area contributed by atoms with E-state index in [4.69, 9.17) is 0 Å². The molecule has 2 aliphatic rings. The van der Waals surface area contributed by atoms with Crippen LogP contribution in [0.4, 0.5) is 14.5 Å². The predicted octanol–water partition coefficient (Wildman–Crippen LogP) is 2.56. The monoisotopic (exact) mass is 280 g/mol. The van der Waals surface area contributed by atoms with Crippen molar-refractivity contribution in [2.45, 2.75) is 38.1 Å². The van der Waals surface area contributed by atoms with Crippen LogP contribution in [0.15, 0.2) is 12.1 Å². The van der Waals surface area contributed by atoms with E-state index < -0.39 is 17.0 Å². The van der Waals surface area contributed by atoms with Crippen LogP contribution in [0.2, 0.25) is 0 Å². The first-order valence-corrected chi connectivity index (χ1v) is 7.01. The Morgan fingerprint density at radius 2 is 2.10 bits per heavy atom. The van der Waals surface area contributed by atoms with Gasteiger partial charge in [-0.3, -0.25) is 4.79 Å². The Balaban J connectivity index is 2.21. The number of amides is 1. The number of carbonyl (C=O) groups excluding carboxylic acids is 1. The van der Waals surface area contributed by atoms with E-state index in [9.17, 15) is 13.6 Å². The minimum Gasteiger partial charge on any atom is -0.322 e. The molecular formula is C15H18F2N2O. The van der Waals surface area contributed by atoms with Crippen LogP contribution in [-0.4, -0.2) is 18.5 Å². The Morgan fingerprint density at radius 3 is 2.80 bits per heavy atom. The smallest absolute Gasteiger partial charge is 0.236 e. The molecule has 0 aliphatic carbocycles. The number of hydrogen-bond donors (Lipinski definition) is 2. The predicted molar refractivity (Wildman–Crippen MR) is 72.5 cm³/mol. The summed E-state index contributed by atoms with van der Waals surface area (Å²) in [6.07, 6.45) is 1.43. The highest BCUT2D eigenvalue weighted by molar-refractivity contribution is 6.07. The summed E-state index contributed by atoms with van der Waals surface area (Å²) in [5.74, 6) is -1.36. The molecule has 1 amide bonds. The van der Waals surface area contributed by atoms with Gasteiger partial charge in [0.05, 0.1) is 11.1 Å². The number of carbonyl (C=O) groups is 1. The number of rotatable bonds is 1. The molecule has 3 rings (SSSR count). The summed E-state index contributed by atoms with van der Waals surface area (Å²) in [7, 11) is 0. The average molecular weight is 280 g/mol. The summed E-state index contributed by atoms with van der Waals surface area (Å²) in [6, 6.07) is 2.01. The quantitative estimate of drug-likeness (QED) is 0.830. The molecule has 108 valence electrons. The molecule has 2 aliphatic heterocycles. The molecule has 1 aromatic carbocycles. The van der Waals surface area contributed by atoms with Crippen molar-refractivity contribution in [3.8, 4) is 0 Å². The lowest BCUT2D eigenvalue weighted by Crippen LogP contribution is -2.58. The molecule has 1 fully saturated rings. The van der Waals surface area contributed by atoms with Crippen molar-refractivity contribution < 1.29 is 13.6 Å². The Morgan fingerprint density at radius 1 is 1.35 bits per heavy atom. The fraction of sp³-hybridized carbons (Fsp3) is 0.533. The van der Waals surface area contributed by atoms with Crippen LogP contribution < -0.4 is 10.6 Å². The van der Waals surface area contributed by atoms with Crippen molar-refractivity contribution >= 4 is 11.6 Å². The van der Waals surface area contributed by atoms with E-state index in [0.29, 0.717) is 12.0 Å². The maximum Gasteiger partial charge on any atom is 0.236 e. The minimum atomic E-state index is -0.856. The summed E-state index contributed by atoms with van der Waals surface area (Å²) >= 11 is 0. The third-order valence-electron chi connectivity index (χ3n) is 4.49. The lowest BCUT2D eigenvalue weighted by molar-refractivity contribution is -0.123. The fourth-order valence-corrected chi connectivity index (χ4v) is 3.72. The van der Waals surface area contributed by atoms with E-state index in [0.717, 1.165) is 19.0 Å². The maximum atomic E-state index is 13.9. The highest BCUT2D eigenvalue weighted by Gasteiger charge is 2.54. The van der Waals surface area contributed by atoms with Crippen LogP contribution in [0.5, 0.6) is 0 Å². The molecule has 2 atom stereocenters. The number of hydrogen-bond acceptors (Lipinski definition) is 2. The van der Waals surface area contributed by atoms with Gasteiger partial charge in [-0.2, -0.15) is 0 Å². The first kappa shape index (κ1) is 13.5. The summed E-state index contributed by atoms with van der Waals surface area (Å²) < 4.78 is 27.5. The fourth-order valence-electron chi connectivity index (χ4n) is 3.72. The summed E-state index contributed by atoms with van der Waals surface area (Å²) in [5.41, 5.74) is -0.248. The third-order valence-corrected chi connectivity index (χ3v) is 4.49. The van der Waals surface area contributed by atoms with Gasteiger partial charge in [0, 0.05) is 12.1 Å². The van der Waals surface area contributed by atoms with E-state index >= 15 is 0 Å². The first-order valence-electron chi connectivity index (χ1n) is 7.01. The zero-order valence-electron chi connectivity index (χ0n) is 11.6. The summed E-state index contributed by atoms with van der Waals surface area (Å²) in [4.78, 5) is 12.5. The van der Waals surface area contributed by atoms with Crippen molar-refractivity contribution in [3.05, 3.63) is 29.3 Å². The normalized spacial score (nSPS) is 28.9. The van der Waals surface area contributed by atoms with Crippen LogP contribution in [0, 0.1) is 17.6 Å². The zero-order chi connectivity index (χ0) is 14.5. The van der Waals surface area contributed by atoms with Gasteiger partial charge in [0.15, 0.2) is 0 Å². The molecule has 3 nitrogen and oxygen atoms in total. The van der Waals surface area contributed by atoms with Crippen molar-refractivity contribution in [1.29, 1.82) is 0 Å². The number of benzene rings is 1. The van der Waals surface area contributed by atoms with E-state index in [2.05, 4.69) is 10.6 Å². The van der Waals surface area contributed by atoms with Crippen LogP contribution in [0.25, 0.3) is 0 Å².